The Labute approximate surface area is 118 Å². The molecule has 0 saturated carbocycles. The first-order valence-electron chi connectivity index (χ1n) is 5.15. The van der Waals surface area contributed by atoms with Crippen LogP contribution in [0.25, 0.3) is 0 Å². The largest absolute Gasteiger partial charge is 0.296 e. The molecule has 0 saturated heterocycles. The van der Waals surface area contributed by atoms with Crippen molar-refractivity contribution in [3.8, 4) is 0 Å². The van der Waals surface area contributed by atoms with Crippen LogP contribution in [0.4, 0.5) is 0 Å². The van der Waals surface area contributed by atoms with E-state index in [4.69, 9.17) is 11.6 Å². The van der Waals surface area contributed by atoms with E-state index in [2.05, 4.69) is 44.3 Å². The fourth-order valence-electron chi connectivity index (χ4n) is 1.61. The molecule has 17 heavy (non-hydrogen) atoms. The number of nitrogens with zero attached hydrogens (tertiary/aromatic N) is 2. The van der Waals surface area contributed by atoms with Crippen LogP contribution in [0.5, 0.6) is 0 Å². The summed E-state index contributed by atoms with van der Waals surface area (Å²) >= 11 is 11.1. The highest BCUT2D eigenvalue weighted by molar-refractivity contribution is 9.11. The predicted octanol–water partition coefficient (Wildman–Crippen LogP) is 4.19. The molecule has 2 aromatic rings. The van der Waals surface area contributed by atoms with Gasteiger partial charge in [-0.1, -0.05) is 11.6 Å². The van der Waals surface area contributed by atoms with E-state index in [0.717, 1.165) is 23.8 Å². The summed E-state index contributed by atoms with van der Waals surface area (Å²) in [6.07, 6.45) is 1.74. The maximum Gasteiger partial charge on any atom is 0.0701 e. The summed E-state index contributed by atoms with van der Waals surface area (Å²) < 4.78 is 1.17. The molecule has 0 aliphatic heterocycles. The number of halogens is 2. The molecule has 0 N–H and O–H groups in total. The topological polar surface area (TPSA) is 16.1 Å². The highest BCUT2D eigenvalue weighted by Crippen LogP contribution is 2.21. The highest BCUT2D eigenvalue weighted by atomic mass is 79.9. The summed E-state index contributed by atoms with van der Waals surface area (Å²) in [6.45, 7) is 1.71. The van der Waals surface area contributed by atoms with Crippen LogP contribution in [0.3, 0.4) is 0 Å². The van der Waals surface area contributed by atoms with E-state index in [1.807, 2.05) is 6.07 Å². The van der Waals surface area contributed by atoms with Crippen LogP contribution in [-0.4, -0.2) is 16.9 Å². The van der Waals surface area contributed by atoms with Crippen molar-refractivity contribution in [3.63, 3.8) is 0 Å². The summed E-state index contributed by atoms with van der Waals surface area (Å²) in [6, 6.07) is 5.84. The van der Waals surface area contributed by atoms with Gasteiger partial charge in [-0.05, 0) is 52.1 Å². The van der Waals surface area contributed by atoms with Gasteiger partial charge in [0.2, 0.25) is 0 Å². The number of hydrogen-bond donors (Lipinski definition) is 0. The number of hydrogen-bond acceptors (Lipinski definition) is 3. The summed E-state index contributed by atoms with van der Waals surface area (Å²) in [5.41, 5.74) is 2.31. The van der Waals surface area contributed by atoms with Gasteiger partial charge in [0, 0.05) is 24.3 Å². The van der Waals surface area contributed by atoms with Gasteiger partial charge in [-0.15, -0.1) is 11.3 Å². The predicted molar refractivity (Wildman–Crippen MR) is 76.4 cm³/mol. The van der Waals surface area contributed by atoms with Crippen molar-refractivity contribution in [2.24, 2.45) is 0 Å². The van der Waals surface area contributed by atoms with Crippen molar-refractivity contribution in [2.75, 3.05) is 7.05 Å². The molecular weight excluding hydrogens is 320 g/mol. The second-order valence-corrected chi connectivity index (χ2v) is 6.62. The average Bonchev–Trinajstić information content (AvgIpc) is 2.63. The van der Waals surface area contributed by atoms with Crippen LogP contribution < -0.4 is 0 Å². The Hall–Kier alpha value is -0.420. The Bertz CT molecular complexity index is 501. The molecule has 0 fully saturated rings. The standard InChI is InChI=1S/C12H12BrClN2S/c1-16(6-9-4-12(13)17-8-9)7-11-5-10(14)2-3-15-11/h2-5,8H,6-7H2,1H3. The third kappa shape index (κ3) is 4.07. The van der Waals surface area contributed by atoms with Gasteiger partial charge in [0.1, 0.15) is 0 Å². The molecule has 2 aromatic heterocycles. The first-order valence-corrected chi connectivity index (χ1v) is 7.20. The minimum absolute atomic E-state index is 0.738. The van der Waals surface area contributed by atoms with Gasteiger partial charge in [-0.3, -0.25) is 9.88 Å². The normalized spacial score (nSPS) is 11.1. The van der Waals surface area contributed by atoms with Gasteiger partial charge in [0.25, 0.3) is 0 Å². The van der Waals surface area contributed by atoms with E-state index in [1.54, 1.807) is 23.6 Å². The van der Waals surface area contributed by atoms with E-state index < -0.39 is 0 Å². The third-order valence-corrected chi connectivity index (χ3v) is 4.07. The summed E-state index contributed by atoms with van der Waals surface area (Å²) in [5, 5.41) is 2.90. The van der Waals surface area contributed by atoms with Gasteiger partial charge < -0.3 is 0 Å². The quantitative estimate of drug-likeness (QED) is 0.835. The zero-order valence-corrected chi connectivity index (χ0v) is 12.5. The Morgan fingerprint density at radius 1 is 1.41 bits per heavy atom. The van der Waals surface area contributed by atoms with Crippen LogP contribution in [0.1, 0.15) is 11.3 Å². The van der Waals surface area contributed by atoms with Crippen LogP contribution in [0.2, 0.25) is 5.02 Å². The molecule has 0 bridgehead atoms. The lowest BCUT2D eigenvalue weighted by molar-refractivity contribution is 0.315. The van der Waals surface area contributed by atoms with Crippen LogP contribution in [0, 0.1) is 0 Å². The SMILES string of the molecule is CN(Cc1csc(Br)c1)Cc1cc(Cl)ccn1. The zero-order chi connectivity index (χ0) is 12.3. The molecule has 2 heterocycles. The van der Waals surface area contributed by atoms with E-state index in [1.165, 1.54) is 9.35 Å². The van der Waals surface area contributed by atoms with E-state index in [-0.39, 0.29) is 0 Å². The minimum atomic E-state index is 0.738. The van der Waals surface area contributed by atoms with Gasteiger partial charge in [0.05, 0.1) is 9.48 Å². The lowest BCUT2D eigenvalue weighted by Crippen LogP contribution is -2.17. The van der Waals surface area contributed by atoms with Crippen LogP contribution >= 0.6 is 38.9 Å². The van der Waals surface area contributed by atoms with E-state index in [0.29, 0.717) is 0 Å². The lowest BCUT2D eigenvalue weighted by atomic mass is 10.3. The second-order valence-electron chi connectivity index (χ2n) is 3.90. The summed E-state index contributed by atoms with van der Waals surface area (Å²) in [5.74, 6) is 0. The number of rotatable bonds is 4. The maximum atomic E-state index is 5.93. The molecule has 0 radical (unpaired) electrons. The summed E-state index contributed by atoms with van der Waals surface area (Å²) in [7, 11) is 2.08. The Morgan fingerprint density at radius 3 is 2.88 bits per heavy atom. The fourth-order valence-corrected chi connectivity index (χ4v) is 2.99. The number of pyridine rings is 1. The van der Waals surface area contributed by atoms with Crippen molar-refractivity contribution >= 4 is 38.9 Å². The maximum absolute atomic E-state index is 5.93. The Kier molecular flexibility index (Phi) is 4.56. The first kappa shape index (κ1) is 13.0. The molecule has 0 aromatic carbocycles. The lowest BCUT2D eigenvalue weighted by Gasteiger charge is -2.15. The highest BCUT2D eigenvalue weighted by Gasteiger charge is 2.04. The van der Waals surface area contributed by atoms with Crippen LogP contribution in [-0.2, 0) is 13.1 Å². The molecule has 0 aliphatic rings. The van der Waals surface area contributed by atoms with Gasteiger partial charge in [-0.2, -0.15) is 0 Å². The molecule has 2 nitrogen and oxygen atoms in total. The van der Waals surface area contributed by atoms with Crippen molar-refractivity contribution in [3.05, 3.63) is 49.8 Å². The third-order valence-electron chi connectivity index (χ3n) is 2.28. The van der Waals surface area contributed by atoms with Gasteiger partial charge in [-0.25, -0.2) is 0 Å². The first-order chi connectivity index (χ1) is 8.13. The molecule has 0 spiro atoms. The van der Waals surface area contributed by atoms with Crippen molar-refractivity contribution in [2.45, 2.75) is 13.1 Å². The number of aromatic nitrogens is 1. The smallest absolute Gasteiger partial charge is 0.0701 e. The minimum Gasteiger partial charge on any atom is -0.296 e. The van der Waals surface area contributed by atoms with Gasteiger partial charge >= 0.3 is 0 Å². The second kappa shape index (κ2) is 5.96. The van der Waals surface area contributed by atoms with E-state index in [9.17, 15) is 0 Å². The molecular formula is C12H12BrClN2S. The molecule has 5 heteroatoms. The molecule has 2 rings (SSSR count). The monoisotopic (exact) mass is 330 g/mol. The van der Waals surface area contributed by atoms with E-state index >= 15 is 0 Å². The molecule has 0 unspecified atom stereocenters. The average molecular weight is 332 g/mol. The van der Waals surface area contributed by atoms with Crippen molar-refractivity contribution in [1.29, 1.82) is 0 Å². The zero-order valence-electron chi connectivity index (χ0n) is 9.36. The molecule has 0 amide bonds. The van der Waals surface area contributed by atoms with Gasteiger partial charge in [0.15, 0.2) is 0 Å². The van der Waals surface area contributed by atoms with Crippen LogP contribution in [0.15, 0.2) is 33.6 Å². The summed E-state index contributed by atoms with van der Waals surface area (Å²) in [4.78, 5) is 6.51. The number of thiophene rings is 1. The van der Waals surface area contributed by atoms with Crippen molar-refractivity contribution < 1.29 is 0 Å². The Balaban J connectivity index is 1.95. The molecule has 90 valence electrons. The fraction of sp³-hybridized carbons (Fsp3) is 0.250. The molecule has 0 aliphatic carbocycles. The Morgan fingerprint density at radius 2 is 2.24 bits per heavy atom. The molecule has 0 atom stereocenters. The van der Waals surface area contributed by atoms with Crippen molar-refractivity contribution in [1.82, 2.24) is 9.88 Å².